The molecule has 0 amide bonds. The van der Waals surface area contributed by atoms with E-state index < -0.39 is 0 Å². The van der Waals surface area contributed by atoms with Crippen LogP contribution in [0.15, 0.2) is 59.6 Å². The molecule has 1 atom stereocenters. The van der Waals surface area contributed by atoms with Crippen molar-refractivity contribution >= 4 is 17.8 Å². The van der Waals surface area contributed by atoms with Crippen molar-refractivity contribution in [1.82, 2.24) is 0 Å². The molecule has 92 valence electrons. The van der Waals surface area contributed by atoms with E-state index in [0.717, 1.165) is 11.1 Å². The summed E-state index contributed by atoms with van der Waals surface area (Å²) in [6, 6.07) is 16.0. The van der Waals surface area contributed by atoms with E-state index in [1.165, 1.54) is 12.1 Å². The average Bonchev–Trinajstić information content (AvgIpc) is 2.40. The summed E-state index contributed by atoms with van der Waals surface area (Å²) >= 11 is 6.19. The molecule has 0 fully saturated rings. The molecule has 0 saturated carbocycles. The van der Waals surface area contributed by atoms with Crippen LogP contribution >= 0.6 is 11.6 Å². The lowest BCUT2D eigenvalue weighted by molar-refractivity contribution is 0.627. The van der Waals surface area contributed by atoms with E-state index in [2.05, 4.69) is 4.99 Å². The predicted molar refractivity (Wildman–Crippen MR) is 73.9 cm³/mol. The molecule has 0 heterocycles. The third-order valence-electron chi connectivity index (χ3n) is 2.54. The topological polar surface area (TPSA) is 12.4 Å². The molecule has 18 heavy (non-hydrogen) atoms. The van der Waals surface area contributed by atoms with E-state index in [1.54, 1.807) is 18.3 Å². The first-order valence-electron chi connectivity index (χ1n) is 5.70. The van der Waals surface area contributed by atoms with Gasteiger partial charge in [-0.25, -0.2) is 4.39 Å². The van der Waals surface area contributed by atoms with Crippen molar-refractivity contribution in [3.05, 3.63) is 71.5 Å². The van der Waals surface area contributed by atoms with Crippen LogP contribution in [0.4, 0.5) is 4.39 Å². The predicted octanol–water partition coefficient (Wildman–Crippen LogP) is 4.22. The van der Waals surface area contributed by atoms with E-state index in [4.69, 9.17) is 11.6 Å². The molecule has 0 saturated heterocycles. The summed E-state index contributed by atoms with van der Waals surface area (Å²) in [6.07, 6.45) is 1.79. The van der Waals surface area contributed by atoms with Gasteiger partial charge >= 0.3 is 0 Å². The molecule has 0 aliphatic carbocycles. The van der Waals surface area contributed by atoms with E-state index in [-0.39, 0.29) is 11.2 Å². The lowest BCUT2D eigenvalue weighted by Crippen LogP contribution is -1.95. The quantitative estimate of drug-likeness (QED) is 0.577. The van der Waals surface area contributed by atoms with Crippen molar-refractivity contribution in [1.29, 1.82) is 0 Å². The van der Waals surface area contributed by atoms with Gasteiger partial charge in [0.1, 0.15) is 5.82 Å². The largest absolute Gasteiger partial charge is 0.291 e. The van der Waals surface area contributed by atoms with Gasteiger partial charge in [0.25, 0.3) is 0 Å². The molecule has 2 aromatic rings. The van der Waals surface area contributed by atoms with Crippen LogP contribution in [0.25, 0.3) is 0 Å². The summed E-state index contributed by atoms with van der Waals surface area (Å²) in [4.78, 5) is 4.29. The van der Waals surface area contributed by atoms with E-state index in [1.807, 2.05) is 30.3 Å². The van der Waals surface area contributed by atoms with Crippen LogP contribution in [0, 0.1) is 5.82 Å². The lowest BCUT2D eigenvalue weighted by atomic mass is 10.1. The van der Waals surface area contributed by atoms with Crippen LogP contribution in [0.1, 0.15) is 16.5 Å². The maximum Gasteiger partial charge on any atom is 0.123 e. The van der Waals surface area contributed by atoms with Gasteiger partial charge in [-0.1, -0.05) is 42.5 Å². The Morgan fingerprint density at radius 2 is 1.72 bits per heavy atom. The molecule has 1 nitrogen and oxygen atoms in total. The lowest BCUT2D eigenvalue weighted by Gasteiger charge is -2.06. The fraction of sp³-hybridized carbons (Fsp3) is 0.133. The van der Waals surface area contributed by atoms with Crippen LogP contribution in [-0.2, 0) is 0 Å². The average molecular weight is 262 g/mol. The Morgan fingerprint density at radius 1 is 1.06 bits per heavy atom. The van der Waals surface area contributed by atoms with Crippen molar-refractivity contribution < 1.29 is 4.39 Å². The molecular formula is C15H13ClFN. The summed E-state index contributed by atoms with van der Waals surface area (Å²) < 4.78 is 12.8. The fourth-order valence-electron chi connectivity index (χ4n) is 1.57. The van der Waals surface area contributed by atoms with Gasteiger partial charge in [0.05, 0.1) is 11.9 Å². The smallest absolute Gasteiger partial charge is 0.123 e. The molecule has 0 N–H and O–H groups in total. The highest BCUT2D eigenvalue weighted by molar-refractivity contribution is 6.21. The van der Waals surface area contributed by atoms with Gasteiger partial charge in [0.2, 0.25) is 0 Å². The van der Waals surface area contributed by atoms with Gasteiger partial charge in [-0.05, 0) is 23.3 Å². The van der Waals surface area contributed by atoms with Crippen molar-refractivity contribution in [2.45, 2.75) is 5.38 Å². The van der Waals surface area contributed by atoms with Crippen molar-refractivity contribution in [3.8, 4) is 0 Å². The number of hydrogen-bond acceptors (Lipinski definition) is 1. The zero-order chi connectivity index (χ0) is 12.8. The molecule has 0 aliphatic rings. The number of rotatable bonds is 4. The van der Waals surface area contributed by atoms with E-state index >= 15 is 0 Å². The first-order valence-corrected chi connectivity index (χ1v) is 6.14. The minimum atomic E-state index is -0.254. The van der Waals surface area contributed by atoms with E-state index in [9.17, 15) is 4.39 Å². The molecule has 3 heteroatoms. The Balaban J connectivity index is 1.94. The Labute approximate surface area is 111 Å². The van der Waals surface area contributed by atoms with Gasteiger partial charge in [-0.15, -0.1) is 11.6 Å². The zero-order valence-corrected chi connectivity index (χ0v) is 10.5. The number of nitrogens with zero attached hydrogens (tertiary/aromatic N) is 1. The minimum absolute atomic E-state index is 0.231. The Bertz CT molecular complexity index is 508. The monoisotopic (exact) mass is 261 g/mol. The first-order chi connectivity index (χ1) is 8.75. The third-order valence-corrected chi connectivity index (χ3v) is 2.93. The maximum absolute atomic E-state index is 12.8. The summed E-state index contributed by atoms with van der Waals surface area (Å²) in [5.74, 6) is -0.254. The fourth-order valence-corrected chi connectivity index (χ4v) is 1.79. The highest BCUT2D eigenvalue weighted by atomic mass is 35.5. The van der Waals surface area contributed by atoms with Crippen LogP contribution in [0.5, 0.6) is 0 Å². The Morgan fingerprint density at radius 3 is 2.39 bits per heavy atom. The van der Waals surface area contributed by atoms with Gasteiger partial charge in [0, 0.05) is 6.21 Å². The SMILES string of the molecule is Fc1ccc([C@H](Cl)CN=Cc2ccccc2)cc1. The second-order valence-corrected chi connectivity index (χ2v) is 4.45. The summed E-state index contributed by atoms with van der Waals surface area (Å²) in [7, 11) is 0. The Kier molecular flexibility index (Phi) is 4.48. The van der Waals surface area contributed by atoms with Gasteiger partial charge < -0.3 is 0 Å². The molecule has 2 rings (SSSR count). The molecule has 0 spiro atoms. The molecule has 0 aromatic heterocycles. The molecule has 0 bridgehead atoms. The van der Waals surface area contributed by atoms with Crippen LogP contribution in [0.3, 0.4) is 0 Å². The maximum atomic E-state index is 12.8. The normalized spacial score (nSPS) is 12.8. The Hall–Kier alpha value is -1.67. The standard InChI is InChI=1S/C15H13ClFN/c16-15(13-6-8-14(17)9-7-13)11-18-10-12-4-2-1-3-5-12/h1-10,15H,11H2/t15-/m1/s1. The molecule has 2 aromatic carbocycles. The van der Waals surface area contributed by atoms with Gasteiger partial charge in [-0.2, -0.15) is 0 Å². The summed E-state index contributed by atoms with van der Waals surface area (Å²) in [6.45, 7) is 0.474. The summed E-state index contributed by atoms with van der Waals surface area (Å²) in [5.41, 5.74) is 1.92. The molecule has 0 radical (unpaired) electrons. The number of halogens is 2. The first kappa shape index (κ1) is 12.8. The zero-order valence-electron chi connectivity index (χ0n) is 9.76. The van der Waals surface area contributed by atoms with Gasteiger partial charge in [0.15, 0.2) is 0 Å². The van der Waals surface area contributed by atoms with Crippen LogP contribution < -0.4 is 0 Å². The molecule has 0 aliphatic heterocycles. The van der Waals surface area contributed by atoms with E-state index in [0.29, 0.717) is 6.54 Å². The minimum Gasteiger partial charge on any atom is -0.291 e. The number of alkyl halides is 1. The molecular weight excluding hydrogens is 249 g/mol. The van der Waals surface area contributed by atoms with Crippen LogP contribution in [-0.4, -0.2) is 12.8 Å². The third kappa shape index (κ3) is 3.67. The van der Waals surface area contributed by atoms with Crippen molar-refractivity contribution in [2.24, 2.45) is 4.99 Å². The summed E-state index contributed by atoms with van der Waals surface area (Å²) in [5, 5.41) is -0.231. The second kappa shape index (κ2) is 6.31. The number of aliphatic imine (C=N–C) groups is 1. The second-order valence-electron chi connectivity index (χ2n) is 3.92. The number of hydrogen-bond donors (Lipinski definition) is 0. The van der Waals surface area contributed by atoms with Crippen molar-refractivity contribution in [3.63, 3.8) is 0 Å². The number of benzene rings is 2. The highest BCUT2D eigenvalue weighted by Gasteiger charge is 2.06. The van der Waals surface area contributed by atoms with Crippen LogP contribution in [0.2, 0.25) is 0 Å². The van der Waals surface area contributed by atoms with Crippen molar-refractivity contribution in [2.75, 3.05) is 6.54 Å². The highest BCUT2D eigenvalue weighted by Crippen LogP contribution is 2.20. The molecule has 0 unspecified atom stereocenters. The van der Waals surface area contributed by atoms with Gasteiger partial charge in [-0.3, -0.25) is 4.99 Å².